The van der Waals surface area contributed by atoms with E-state index in [0.29, 0.717) is 21.4 Å². The predicted molar refractivity (Wildman–Crippen MR) is 113 cm³/mol. The van der Waals surface area contributed by atoms with Crippen LogP contribution in [0.5, 0.6) is 0 Å². The van der Waals surface area contributed by atoms with Crippen molar-refractivity contribution in [2.24, 2.45) is 5.92 Å². The second kappa shape index (κ2) is 9.17. The highest BCUT2D eigenvalue weighted by Gasteiger charge is 2.44. The second-order valence-electron chi connectivity index (χ2n) is 6.65. The molecule has 2 aromatic carbocycles. The third-order valence-corrected chi connectivity index (χ3v) is 6.06. The summed E-state index contributed by atoms with van der Waals surface area (Å²) in [5.41, 5.74) is 3.12. The first-order valence-corrected chi connectivity index (χ1v) is 10.3. The molecular formula is C22H19ClN2O3S. The maximum Gasteiger partial charge on any atom is 0.319 e. The molecule has 0 aromatic heterocycles. The first kappa shape index (κ1) is 21.0. The molecule has 1 aliphatic heterocycles. The van der Waals surface area contributed by atoms with Crippen LogP contribution >= 0.6 is 23.4 Å². The molecule has 0 unspecified atom stereocenters. The standard InChI is InChI=1S/C22H19ClN2O3S/c1-13-3-7-15(8-4-13)18-17(11-24)21(25-20(26)19(18)22(27)28-2)29-12-14-5-9-16(23)10-6-14/h3-10,18-19H,12H2,1-2H3,(H,25,26)/t18-,19+/m1/s1. The predicted octanol–water partition coefficient (Wildman–Crippen LogP) is 4.32. The van der Waals surface area contributed by atoms with E-state index in [9.17, 15) is 14.9 Å². The summed E-state index contributed by atoms with van der Waals surface area (Å²) in [6, 6.07) is 17.0. The summed E-state index contributed by atoms with van der Waals surface area (Å²) in [6.45, 7) is 1.95. The van der Waals surface area contributed by atoms with Gasteiger partial charge in [-0.15, -0.1) is 11.8 Å². The Morgan fingerprint density at radius 1 is 1.21 bits per heavy atom. The summed E-state index contributed by atoms with van der Waals surface area (Å²) < 4.78 is 4.85. The molecular weight excluding hydrogens is 408 g/mol. The van der Waals surface area contributed by atoms with Gasteiger partial charge in [0, 0.05) is 16.7 Å². The van der Waals surface area contributed by atoms with E-state index in [4.69, 9.17) is 16.3 Å². The first-order chi connectivity index (χ1) is 13.9. The van der Waals surface area contributed by atoms with Crippen molar-refractivity contribution >= 4 is 35.2 Å². The lowest BCUT2D eigenvalue weighted by atomic mass is 9.78. The van der Waals surface area contributed by atoms with Crippen molar-refractivity contribution in [1.29, 1.82) is 5.26 Å². The van der Waals surface area contributed by atoms with Gasteiger partial charge in [0.1, 0.15) is 5.92 Å². The number of hydrogen-bond acceptors (Lipinski definition) is 5. The number of ether oxygens (including phenoxy) is 1. The van der Waals surface area contributed by atoms with E-state index >= 15 is 0 Å². The smallest absolute Gasteiger partial charge is 0.319 e. The molecule has 0 radical (unpaired) electrons. The van der Waals surface area contributed by atoms with Crippen LogP contribution in [0.3, 0.4) is 0 Å². The number of rotatable bonds is 5. The largest absolute Gasteiger partial charge is 0.468 e. The van der Waals surface area contributed by atoms with E-state index in [2.05, 4.69) is 11.4 Å². The summed E-state index contributed by atoms with van der Waals surface area (Å²) in [7, 11) is 1.24. The van der Waals surface area contributed by atoms with Crippen molar-refractivity contribution in [2.45, 2.75) is 18.6 Å². The van der Waals surface area contributed by atoms with Gasteiger partial charge in [0.05, 0.1) is 23.8 Å². The number of methoxy groups -OCH3 is 1. The summed E-state index contributed by atoms with van der Waals surface area (Å²) >= 11 is 7.27. The summed E-state index contributed by atoms with van der Waals surface area (Å²) in [5.74, 6) is -2.41. The number of carbonyl (C=O) groups is 2. The maximum absolute atomic E-state index is 12.8. The minimum atomic E-state index is -1.11. The zero-order valence-electron chi connectivity index (χ0n) is 15.9. The van der Waals surface area contributed by atoms with Crippen LogP contribution in [0, 0.1) is 24.2 Å². The van der Waals surface area contributed by atoms with Crippen LogP contribution < -0.4 is 5.32 Å². The van der Waals surface area contributed by atoms with Gasteiger partial charge in [0.25, 0.3) is 0 Å². The fraction of sp³-hybridized carbons (Fsp3) is 0.227. The minimum Gasteiger partial charge on any atom is -0.468 e. The first-order valence-electron chi connectivity index (χ1n) is 8.91. The number of esters is 1. The molecule has 1 amide bonds. The normalized spacial score (nSPS) is 18.8. The van der Waals surface area contributed by atoms with E-state index < -0.39 is 23.7 Å². The molecule has 7 heteroatoms. The van der Waals surface area contributed by atoms with Gasteiger partial charge in [0.15, 0.2) is 0 Å². The molecule has 2 atom stereocenters. The average Bonchev–Trinajstić information content (AvgIpc) is 2.73. The van der Waals surface area contributed by atoms with E-state index in [1.54, 1.807) is 12.1 Å². The van der Waals surface area contributed by atoms with Crippen LogP contribution in [-0.4, -0.2) is 19.0 Å². The number of nitrogens with zero attached hydrogens (tertiary/aromatic N) is 1. The monoisotopic (exact) mass is 426 g/mol. The Morgan fingerprint density at radius 2 is 1.86 bits per heavy atom. The van der Waals surface area contributed by atoms with Crippen LogP contribution in [0.15, 0.2) is 59.1 Å². The van der Waals surface area contributed by atoms with Crippen molar-refractivity contribution in [3.63, 3.8) is 0 Å². The van der Waals surface area contributed by atoms with Gasteiger partial charge in [-0.25, -0.2) is 0 Å². The topological polar surface area (TPSA) is 79.2 Å². The molecule has 1 aliphatic rings. The van der Waals surface area contributed by atoms with Crippen molar-refractivity contribution in [2.75, 3.05) is 7.11 Å². The van der Waals surface area contributed by atoms with Gasteiger partial charge in [0.2, 0.25) is 5.91 Å². The molecule has 0 aliphatic carbocycles. The number of nitriles is 1. The Hall–Kier alpha value is -2.75. The third kappa shape index (κ3) is 4.64. The van der Waals surface area contributed by atoms with Crippen LogP contribution in [0.25, 0.3) is 0 Å². The Balaban J connectivity index is 2.00. The molecule has 29 heavy (non-hydrogen) atoms. The molecule has 148 valence electrons. The number of hydrogen-bond donors (Lipinski definition) is 1. The minimum absolute atomic E-state index is 0.350. The fourth-order valence-electron chi connectivity index (χ4n) is 3.19. The molecule has 0 bridgehead atoms. The number of thioether (sulfide) groups is 1. The van der Waals surface area contributed by atoms with Crippen LogP contribution in [0.2, 0.25) is 5.02 Å². The van der Waals surface area contributed by atoms with Crippen molar-refractivity contribution < 1.29 is 14.3 Å². The Labute approximate surface area is 178 Å². The number of halogens is 1. The van der Waals surface area contributed by atoms with E-state index in [1.807, 2.05) is 43.3 Å². The average molecular weight is 427 g/mol. The maximum atomic E-state index is 12.8. The Kier molecular flexibility index (Phi) is 6.63. The summed E-state index contributed by atoms with van der Waals surface area (Å²) in [4.78, 5) is 25.2. The molecule has 0 fully saturated rings. The molecule has 0 saturated carbocycles. The Morgan fingerprint density at radius 3 is 2.45 bits per heavy atom. The van der Waals surface area contributed by atoms with E-state index in [1.165, 1.54) is 18.9 Å². The van der Waals surface area contributed by atoms with E-state index in [-0.39, 0.29) is 0 Å². The van der Waals surface area contributed by atoms with Gasteiger partial charge in [-0.1, -0.05) is 53.6 Å². The second-order valence-corrected chi connectivity index (χ2v) is 8.07. The van der Waals surface area contributed by atoms with Gasteiger partial charge < -0.3 is 10.1 Å². The third-order valence-electron chi connectivity index (χ3n) is 4.72. The molecule has 0 saturated heterocycles. The van der Waals surface area contributed by atoms with Crippen molar-refractivity contribution in [1.82, 2.24) is 5.32 Å². The molecule has 3 rings (SSSR count). The van der Waals surface area contributed by atoms with Gasteiger partial charge in [-0.3, -0.25) is 9.59 Å². The summed E-state index contributed by atoms with van der Waals surface area (Å²) in [5, 5.41) is 13.7. The number of amides is 1. The van der Waals surface area contributed by atoms with Crippen molar-refractivity contribution in [3.8, 4) is 6.07 Å². The molecule has 0 spiro atoms. The molecule has 1 N–H and O–H groups in total. The quantitative estimate of drug-likeness (QED) is 0.569. The highest BCUT2D eigenvalue weighted by molar-refractivity contribution is 8.02. The highest BCUT2D eigenvalue weighted by Crippen LogP contribution is 2.40. The van der Waals surface area contributed by atoms with Gasteiger partial charge in [-0.05, 0) is 30.2 Å². The lowest BCUT2D eigenvalue weighted by Crippen LogP contribution is -2.44. The Bertz CT molecular complexity index is 994. The zero-order chi connectivity index (χ0) is 21.0. The lowest BCUT2D eigenvalue weighted by molar-refractivity contribution is -0.150. The van der Waals surface area contributed by atoms with Crippen LogP contribution in [-0.2, 0) is 20.1 Å². The molecule has 5 nitrogen and oxygen atoms in total. The highest BCUT2D eigenvalue weighted by atomic mass is 35.5. The van der Waals surface area contributed by atoms with Crippen LogP contribution in [0.1, 0.15) is 22.6 Å². The zero-order valence-corrected chi connectivity index (χ0v) is 17.5. The number of nitrogens with one attached hydrogen (secondary N) is 1. The van der Waals surface area contributed by atoms with E-state index in [0.717, 1.165) is 16.7 Å². The number of aryl methyl sites for hydroxylation is 1. The van der Waals surface area contributed by atoms with Gasteiger partial charge >= 0.3 is 5.97 Å². The number of carbonyl (C=O) groups excluding carboxylic acids is 2. The van der Waals surface area contributed by atoms with Crippen LogP contribution in [0.4, 0.5) is 0 Å². The van der Waals surface area contributed by atoms with Gasteiger partial charge in [-0.2, -0.15) is 5.26 Å². The summed E-state index contributed by atoms with van der Waals surface area (Å²) in [6.07, 6.45) is 0. The number of allylic oxidation sites excluding steroid dienone is 1. The molecule has 2 aromatic rings. The number of benzene rings is 2. The van der Waals surface area contributed by atoms with Crippen molar-refractivity contribution in [3.05, 3.63) is 80.8 Å². The molecule has 1 heterocycles. The fourth-order valence-corrected chi connectivity index (χ4v) is 4.32. The SMILES string of the molecule is COC(=O)[C@@H]1C(=O)NC(SCc2ccc(Cl)cc2)=C(C#N)[C@H]1c1ccc(C)cc1. The lowest BCUT2D eigenvalue weighted by Gasteiger charge is -2.31.